The normalized spacial score (nSPS) is 13.8. The number of halogens is 2. The molecule has 0 saturated carbocycles. The molecule has 7 heteroatoms. The van der Waals surface area contributed by atoms with E-state index in [1.807, 2.05) is 30.6 Å². The van der Waals surface area contributed by atoms with E-state index in [0.717, 1.165) is 46.4 Å². The molecule has 0 N–H and O–H groups in total. The Balaban J connectivity index is 1.52. The number of pyridine rings is 1. The van der Waals surface area contributed by atoms with Crippen LogP contribution in [0.2, 0.25) is 0 Å². The molecule has 128 valence electrons. The fourth-order valence-corrected chi connectivity index (χ4v) is 3.63. The summed E-state index contributed by atoms with van der Waals surface area (Å²) in [7, 11) is 0. The molecule has 0 saturated heterocycles. The van der Waals surface area contributed by atoms with Crippen molar-refractivity contribution in [3.8, 4) is 0 Å². The first-order valence-corrected chi connectivity index (χ1v) is 8.99. The third-order valence-electron chi connectivity index (χ3n) is 4.34. The van der Waals surface area contributed by atoms with Crippen molar-refractivity contribution in [1.82, 2.24) is 20.0 Å². The summed E-state index contributed by atoms with van der Waals surface area (Å²) in [5.74, 6) is -0.144. The largest absolute Gasteiger partial charge is 0.365 e. The lowest BCUT2D eigenvalue weighted by Gasteiger charge is -2.31. The average molecular weight is 402 g/mol. The molecular formula is C18H17BrFN5. The lowest BCUT2D eigenvalue weighted by Crippen LogP contribution is -2.29. The van der Waals surface area contributed by atoms with Gasteiger partial charge in [0.15, 0.2) is 0 Å². The summed E-state index contributed by atoms with van der Waals surface area (Å²) in [5, 5.41) is 8.47. The zero-order valence-electron chi connectivity index (χ0n) is 13.6. The van der Waals surface area contributed by atoms with Crippen LogP contribution in [0.15, 0.2) is 47.3 Å². The molecular weight excluding hydrogens is 385 g/mol. The second-order valence-corrected chi connectivity index (χ2v) is 7.09. The van der Waals surface area contributed by atoms with Gasteiger partial charge in [0.1, 0.15) is 11.5 Å². The molecule has 3 aromatic rings. The van der Waals surface area contributed by atoms with E-state index in [9.17, 15) is 4.39 Å². The van der Waals surface area contributed by atoms with Gasteiger partial charge in [0.25, 0.3) is 0 Å². The van der Waals surface area contributed by atoms with Crippen molar-refractivity contribution < 1.29 is 4.39 Å². The van der Waals surface area contributed by atoms with Crippen molar-refractivity contribution in [2.75, 3.05) is 11.4 Å². The molecule has 3 heterocycles. The van der Waals surface area contributed by atoms with Gasteiger partial charge in [-0.05, 0) is 36.6 Å². The van der Waals surface area contributed by atoms with Crippen molar-refractivity contribution in [1.29, 1.82) is 0 Å². The van der Waals surface area contributed by atoms with E-state index in [0.29, 0.717) is 13.1 Å². The number of benzene rings is 1. The summed E-state index contributed by atoms with van der Waals surface area (Å²) in [6, 6.07) is 7.43. The summed E-state index contributed by atoms with van der Waals surface area (Å²) in [6.07, 6.45) is 7.23. The van der Waals surface area contributed by atoms with Gasteiger partial charge >= 0.3 is 0 Å². The maximum absolute atomic E-state index is 14.2. The maximum atomic E-state index is 14.2. The monoisotopic (exact) mass is 401 g/mol. The van der Waals surface area contributed by atoms with Crippen molar-refractivity contribution in [2.45, 2.75) is 25.9 Å². The van der Waals surface area contributed by atoms with Crippen LogP contribution in [0.4, 0.5) is 10.1 Å². The van der Waals surface area contributed by atoms with Gasteiger partial charge in [-0.3, -0.25) is 4.98 Å². The van der Waals surface area contributed by atoms with E-state index < -0.39 is 0 Å². The summed E-state index contributed by atoms with van der Waals surface area (Å²) in [4.78, 5) is 6.28. The van der Waals surface area contributed by atoms with Gasteiger partial charge in [0.05, 0.1) is 19.3 Å². The lowest BCUT2D eigenvalue weighted by molar-refractivity contribution is 0.585. The molecule has 0 spiro atoms. The lowest BCUT2D eigenvalue weighted by atomic mass is 10.0. The Kier molecular flexibility index (Phi) is 4.48. The fraction of sp³-hybridized carbons (Fsp3) is 0.278. The second kappa shape index (κ2) is 6.92. The van der Waals surface area contributed by atoms with E-state index in [-0.39, 0.29) is 5.82 Å². The zero-order chi connectivity index (χ0) is 17.2. The molecule has 25 heavy (non-hydrogen) atoms. The molecule has 0 unspecified atom stereocenters. The summed E-state index contributed by atoms with van der Waals surface area (Å²) in [5.41, 5.74) is 3.68. The molecule has 1 aliphatic rings. The van der Waals surface area contributed by atoms with Crippen molar-refractivity contribution >= 4 is 21.6 Å². The molecule has 5 nitrogen and oxygen atoms in total. The number of nitrogens with zero attached hydrogens (tertiary/aromatic N) is 5. The predicted molar refractivity (Wildman–Crippen MR) is 96.8 cm³/mol. The van der Waals surface area contributed by atoms with E-state index >= 15 is 0 Å². The average Bonchev–Trinajstić information content (AvgIpc) is 3.03. The van der Waals surface area contributed by atoms with Crippen LogP contribution in [0.1, 0.15) is 23.2 Å². The van der Waals surface area contributed by atoms with Crippen LogP contribution in [0, 0.1) is 5.82 Å². The van der Waals surface area contributed by atoms with Gasteiger partial charge in [-0.15, -0.1) is 5.10 Å². The molecule has 1 aromatic carbocycles. The maximum Gasteiger partial charge on any atom is 0.129 e. The minimum absolute atomic E-state index is 0.144. The Hall–Kier alpha value is -2.28. The first-order chi connectivity index (χ1) is 12.2. The Bertz CT molecular complexity index is 880. The van der Waals surface area contributed by atoms with Crippen LogP contribution < -0.4 is 4.90 Å². The SMILES string of the molecule is Fc1cc(Br)cc2c1CCCN2Cc1cn(Cc2cccnc2)nn1. The quantitative estimate of drug-likeness (QED) is 0.670. The first-order valence-electron chi connectivity index (χ1n) is 8.20. The van der Waals surface area contributed by atoms with Crippen molar-refractivity contribution in [3.05, 3.63) is 70.0 Å². The number of anilines is 1. The zero-order valence-corrected chi connectivity index (χ0v) is 15.2. The summed E-state index contributed by atoms with van der Waals surface area (Å²) >= 11 is 3.39. The van der Waals surface area contributed by atoms with Gasteiger partial charge in [-0.25, -0.2) is 9.07 Å². The number of hydrogen-bond acceptors (Lipinski definition) is 4. The van der Waals surface area contributed by atoms with Gasteiger partial charge in [0, 0.05) is 34.7 Å². The van der Waals surface area contributed by atoms with Crippen LogP contribution in [0.3, 0.4) is 0 Å². The highest BCUT2D eigenvalue weighted by Crippen LogP contribution is 2.33. The van der Waals surface area contributed by atoms with Crippen LogP contribution in [0.5, 0.6) is 0 Å². The van der Waals surface area contributed by atoms with Crippen LogP contribution in [-0.4, -0.2) is 26.5 Å². The Morgan fingerprint density at radius 3 is 3.00 bits per heavy atom. The topological polar surface area (TPSA) is 46.8 Å². The Morgan fingerprint density at radius 2 is 2.16 bits per heavy atom. The molecule has 1 aliphatic heterocycles. The predicted octanol–water partition coefficient (Wildman–Crippen LogP) is 3.58. The summed E-state index contributed by atoms with van der Waals surface area (Å²) < 4.78 is 16.8. The highest BCUT2D eigenvalue weighted by molar-refractivity contribution is 9.10. The molecule has 0 amide bonds. The standard InChI is InChI=1S/C18H17BrFN5/c19-14-7-17(20)16-4-2-6-24(18(16)8-14)11-15-12-25(23-22-15)10-13-3-1-5-21-9-13/h1,3,5,7-9,12H,2,4,6,10-11H2. The van der Waals surface area contributed by atoms with Gasteiger partial charge in [-0.2, -0.15) is 0 Å². The van der Waals surface area contributed by atoms with Crippen LogP contribution >= 0.6 is 15.9 Å². The molecule has 0 bridgehead atoms. The number of aromatic nitrogens is 4. The van der Waals surface area contributed by atoms with Crippen molar-refractivity contribution in [2.24, 2.45) is 0 Å². The molecule has 2 aromatic heterocycles. The van der Waals surface area contributed by atoms with Crippen molar-refractivity contribution in [3.63, 3.8) is 0 Å². The van der Waals surface area contributed by atoms with Crippen LogP contribution in [0.25, 0.3) is 0 Å². The van der Waals surface area contributed by atoms with E-state index in [1.54, 1.807) is 10.9 Å². The van der Waals surface area contributed by atoms with E-state index in [2.05, 4.69) is 36.1 Å². The minimum atomic E-state index is -0.144. The van der Waals surface area contributed by atoms with E-state index in [1.165, 1.54) is 6.07 Å². The van der Waals surface area contributed by atoms with Gasteiger partial charge in [-0.1, -0.05) is 27.2 Å². The minimum Gasteiger partial charge on any atom is -0.365 e. The smallest absolute Gasteiger partial charge is 0.129 e. The van der Waals surface area contributed by atoms with Gasteiger partial charge < -0.3 is 4.90 Å². The first kappa shape index (κ1) is 16.2. The summed E-state index contributed by atoms with van der Waals surface area (Å²) in [6.45, 7) is 2.14. The fourth-order valence-electron chi connectivity index (χ4n) is 3.21. The third-order valence-corrected chi connectivity index (χ3v) is 4.80. The molecule has 0 fully saturated rings. The molecule has 0 atom stereocenters. The molecule has 4 rings (SSSR count). The second-order valence-electron chi connectivity index (χ2n) is 6.18. The number of hydrogen-bond donors (Lipinski definition) is 0. The highest BCUT2D eigenvalue weighted by Gasteiger charge is 2.21. The third kappa shape index (κ3) is 3.56. The Labute approximate surface area is 153 Å². The molecule has 0 aliphatic carbocycles. The number of fused-ring (bicyclic) bond motifs is 1. The number of rotatable bonds is 4. The highest BCUT2D eigenvalue weighted by atomic mass is 79.9. The molecule has 0 radical (unpaired) electrons. The van der Waals surface area contributed by atoms with Gasteiger partial charge in [0.2, 0.25) is 0 Å². The Morgan fingerprint density at radius 1 is 1.24 bits per heavy atom. The van der Waals surface area contributed by atoms with Crippen LogP contribution in [-0.2, 0) is 19.5 Å². The van der Waals surface area contributed by atoms with E-state index in [4.69, 9.17) is 0 Å².